The quantitative estimate of drug-likeness (QED) is 0.824. The van der Waals surface area contributed by atoms with Crippen molar-refractivity contribution in [1.82, 2.24) is 4.98 Å². The maximum absolute atomic E-state index is 6.16. The summed E-state index contributed by atoms with van der Waals surface area (Å²) in [6.45, 7) is 3.06. The molecule has 1 heterocycles. The van der Waals surface area contributed by atoms with Gasteiger partial charge in [-0.25, -0.2) is 4.98 Å². The lowest BCUT2D eigenvalue weighted by Gasteiger charge is -2.20. The highest BCUT2D eigenvalue weighted by Crippen LogP contribution is 2.36. The Morgan fingerprint density at radius 1 is 1.32 bits per heavy atom. The van der Waals surface area contributed by atoms with Gasteiger partial charge in [0.15, 0.2) is 5.13 Å². The summed E-state index contributed by atoms with van der Waals surface area (Å²) in [6, 6.07) is 0.168. The van der Waals surface area contributed by atoms with Crippen LogP contribution in [-0.4, -0.2) is 45.5 Å². The molecule has 0 saturated carbocycles. The van der Waals surface area contributed by atoms with Crippen LogP contribution in [0, 0.1) is 0 Å². The highest BCUT2D eigenvalue weighted by molar-refractivity contribution is 7.15. The number of nitrogens with zero attached hydrogens (tertiary/aromatic N) is 2. The van der Waals surface area contributed by atoms with Crippen molar-refractivity contribution in [3.05, 3.63) is 10.6 Å². The van der Waals surface area contributed by atoms with Crippen molar-refractivity contribution in [2.45, 2.75) is 25.3 Å². The Labute approximate surface area is 118 Å². The minimum atomic E-state index is 0.168. The number of anilines is 1. The first kappa shape index (κ1) is 14.7. The Morgan fingerprint density at radius 3 is 2.58 bits per heavy atom. The van der Waals surface area contributed by atoms with Gasteiger partial charge in [-0.05, 0) is 19.3 Å². The molecule has 2 N–H and O–H groups in total. The van der Waals surface area contributed by atoms with Gasteiger partial charge in [0.25, 0.3) is 0 Å². The van der Waals surface area contributed by atoms with Gasteiger partial charge in [0, 0.05) is 38.2 Å². The molecule has 19 heavy (non-hydrogen) atoms. The lowest BCUT2D eigenvalue weighted by atomic mass is 9.99. The molecule has 1 aromatic rings. The van der Waals surface area contributed by atoms with E-state index in [0.717, 1.165) is 37.5 Å². The first-order valence-electron chi connectivity index (χ1n) is 6.74. The predicted octanol–water partition coefficient (Wildman–Crippen LogP) is 1.58. The van der Waals surface area contributed by atoms with Crippen molar-refractivity contribution in [3.8, 4) is 0 Å². The van der Waals surface area contributed by atoms with Crippen molar-refractivity contribution >= 4 is 16.5 Å². The van der Waals surface area contributed by atoms with Gasteiger partial charge in [-0.1, -0.05) is 11.3 Å². The van der Waals surface area contributed by atoms with E-state index in [1.807, 2.05) is 0 Å². The van der Waals surface area contributed by atoms with E-state index in [0.29, 0.717) is 13.2 Å². The van der Waals surface area contributed by atoms with Gasteiger partial charge in [0.2, 0.25) is 0 Å². The maximum Gasteiger partial charge on any atom is 0.185 e. The molecular formula is C13H23N3O2S. The van der Waals surface area contributed by atoms with Gasteiger partial charge < -0.3 is 20.1 Å². The molecule has 0 amide bonds. The zero-order valence-electron chi connectivity index (χ0n) is 11.7. The van der Waals surface area contributed by atoms with Crippen LogP contribution in [0.3, 0.4) is 0 Å². The van der Waals surface area contributed by atoms with E-state index in [4.69, 9.17) is 20.2 Å². The summed E-state index contributed by atoms with van der Waals surface area (Å²) in [5.74, 6) is 0. The highest BCUT2D eigenvalue weighted by atomic mass is 32.1. The van der Waals surface area contributed by atoms with Crippen molar-refractivity contribution < 1.29 is 9.47 Å². The van der Waals surface area contributed by atoms with Crippen LogP contribution in [0.4, 0.5) is 5.13 Å². The molecular weight excluding hydrogens is 262 g/mol. The van der Waals surface area contributed by atoms with Gasteiger partial charge >= 0.3 is 0 Å². The van der Waals surface area contributed by atoms with E-state index in [1.165, 1.54) is 10.6 Å². The van der Waals surface area contributed by atoms with Gasteiger partial charge in [-0.2, -0.15) is 0 Å². The van der Waals surface area contributed by atoms with Gasteiger partial charge in [0.1, 0.15) is 0 Å². The molecule has 0 aliphatic heterocycles. The Bertz CT molecular complexity index is 389. The van der Waals surface area contributed by atoms with E-state index >= 15 is 0 Å². The van der Waals surface area contributed by atoms with Crippen LogP contribution in [0.1, 0.15) is 29.5 Å². The average Bonchev–Trinajstić information content (AvgIpc) is 2.84. The van der Waals surface area contributed by atoms with E-state index in [2.05, 4.69) is 4.90 Å². The number of fused-ring (bicyclic) bond motifs is 1. The normalized spacial score (nSPS) is 18.4. The number of aromatic nitrogens is 1. The van der Waals surface area contributed by atoms with E-state index in [-0.39, 0.29) is 6.04 Å². The molecule has 2 rings (SSSR count). The van der Waals surface area contributed by atoms with Crippen molar-refractivity contribution in [1.29, 1.82) is 0 Å². The second-order valence-corrected chi connectivity index (χ2v) is 5.79. The van der Waals surface area contributed by atoms with E-state index in [1.54, 1.807) is 25.6 Å². The summed E-state index contributed by atoms with van der Waals surface area (Å²) in [4.78, 5) is 8.25. The van der Waals surface area contributed by atoms with Crippen LogP contribution in [0.15, 0.2) is 0 Å². The summed E-state index contributed by atoms with van der Waals surface area (Å²) >= 11 is 1.73. The number of aryl methyl sites for hydroxylation is 1. The van der Waals surface area contributed by atoms with Crippen LogP contribution >= 0.6 is 11.3 Å². The fraction of sp³-hybridized carbons (Fsp3) is 0.769. The zero-order chi connectivity index (χ0) is 13.7. The van der Waals surface area contributed by atoms with Crippen molar-refractivity contribution in [3.63, 3.8) is 0 Å². The first-order chi connectivity index (χ1) is 9.26. The van der Waals surface area contributed by atoms with E-state index in [9.17, 15) is 0 Å². The number of rotatable bonds is 7. The number of hydrogen-bond acceptors (Lipinski definition) is 6. The standard InChI is InChI=1S/C13H23N3O2S/c1-17-8-6-16(7-9-18-2)13-15-11-5-3-4-10(14)12(11)19-13/h10H,3-9,14H2,1-2H3. The molecule has 0 bridgehead atoms. The SMILES string of the molecule is COCCN(CCOC)c1nc2c(s1)C(N)CCC2. The monoisotopic (exact) mass is 285 g/mol. The summed E-state index contributed by atoms with van der Waals surface area (Å²) in [5.41, 5.74) is 7.36. The minimum absolute atomic E-state index is 0.168. The van der Waals surface area contributed by atoms with Crippen molar-refractivity contribution in [2.24, 2.45) is 5.73 Å². The third-order valence-corrected chi connectivity index (χ3v) is 4.67. The number of thiazole rings is 1. The molecule has 0 radical (unpaired) electrons. The lowest BCUT2D eigenvalue weighted by molar-refractivity contribution is 0.190. The topological polar surface area (TPSA) is 60.6 Å². The predicted molar refractivity (Wildman–Crippen MR) is 77.9 cm³/mol. The van der Waals surface area contributed by atoms with Crippen LogP contribution < -0.4 is 10.6 Å². The smallest absolute Gasteiger partial charge is 0.185 e. The van der Waals surface area contributed by atoms with Gasteiger partial charge in [-0.3, -0.25) is 0 Å². The van der Waals surface area contributed by atoms with Crippen molar-refractivity contribution in [2.75, 3.05) is 45.4 Å². The van der Waals surface area contributed by atoms with Crippen LogP contribution in [0.2, 0.25) is 0 Å². The molecule has 1 atom stereocenters. The Balaban J connectivity index is 2.11. The highest BCUT2D eigenvalue weighted by Gasteiger charge is 2.23. The second-order valence-electron chi connectivity index (χ2n) is 4.78. The second kappa shape index (κ2) is 7.19. The molecule has 6 heteroatoms. The Kier molecular flexibility index (Phi) is 5.57. The maximum atomic E-state index is 6.16. The Hall–Kier alpha value is -0.690. The first-order valence-corrected chi connectivity index (χ1v) is 7.56. The molecule has 0 saturated heterocycles. The molecule has 108 valence electrons. The fourth-order valence-electron chi connectivity index (χ4n) is 2.28. The third kappa shape index (κ3) is 3.66. The number of nitrogens with two attached hydrogens (primary N) is 1. The third-order valence-electron chi connectivity index (χ3n) is 3.38. The molecule has 1 aliphatic rings. The summed E-state index contributed by atoms with van der Waals surface area (Å²) in [7, 11) is 3.44. The van der Waals surface area contributed by atoms with E-state index < -0.39 is 0 Å². The zero-order valence-corrected chi connectivity index (χ0v) is 12.5. The average molecular weight is 285 g/mol. The number of hydrogen-bond donors (Lipinski definition) is 1. The van der Waals surface area contributed by atoms with Crippen LogP contribution in [-0.2, 0) is 15.9 Å². The largest absolute Gasteiger partial charge is 0.383 e. The summed E-state index contributed by atoms with van der Waals surface area (Å²) in [5, 5.41) is 1.05. The molecule has 0 fully saturated rings. The molecule has 0 spiro atoms. The molecule has 0 aromatic carbocycles. The van der Waals surface area contributed by atoms with Gasteiger partial charge in [0.05, 0.1) is 18.9 Å². The van der Waals surface area contributed by atoms with Gasteiger partial charge in [-0.15, -0.1) is 0 Å². The number of ether oxygens (including phenoxy) is 2. The Morgan fingerprint density at radius 2 is 2.00 bits per heavy atom. The molecule has 1 aromatic heterocycles. The summed E-state index contributed by atoms with van der Waals surface area (Å²) in [6.07, 6.45) is 3.28. The fourth-order valence-corrected chi connectivity index (χ4v) is 3.48. The van der Waals surface area contributed by atoms with Crippen LogP contribution in [0.25, 0.3) is 0 Å². The number of methoxy groups -OCH3 is 2. The minimum Gasteiger partial charge on any atom is -0.383 e. The lowest BCUT2D eigenvalue weighted by Crippen LogP contribution is -2.30. The molecule has 1 unspecified atom stereocenters. The molecule has 5 nitrogen and oxygen atoms in total. The molecule has 1 aliphatic carbocycles. The van der Waals surface area contributed by atoms with Crippen LogP contribution in [0.5, 0.6) is 0 Å². The summed E-state index contributed by atoms with van der Waals surface area (Å²) < 4.78 is 10.3.